The van der Waals surface area contributed by atoms with Crippen LogP contribution in [-0.2, 0) is 22.6 Å². The third kappa shape index (κ3) is 6.16. The molecule has 0 saturated carbocycles. The Morgan fingerprint density at radius 2 is 1.68 bits per heavy atom. The summed E-state index contributed by atoms with van der Waals surface area (Å²) in [5, 5.41) is 11.7. The van der Waals surface area contributed by atoms with Gasteiger partial charge < -0.3 is 15.3 Å². The molecule has 2 N–H and O–H groups in total. The van der Waals surface area contributed by atoms with E-state index in [0.717, 1.165) is 11.1 Å². The van der Waals surface area contributed by atoms with E-state index < -0.39 is 6.04 Å². The average molecular weight is 386 g/mol. The number of nitrogens with one attached hydrogen (secondary N) is 1. The molecule has 2 aromatic rings. The molecule has 0 spiro atoms. The highest BCUT2D eigenvalue weighted by molar-refractivity contribution is 5.88. The second kappa shape index (κ2) is 10.6. The van der Waals surface area contributed by atoms with Gasteiger partial charge in [-0.05, 0) is 23.3 Å². The predicted molar refractivity (Wildman–Crippen MR) is 106 cm³/mol. The fourth-order valence-electron chi connectivity index (χ4n) is 2.94. The number of benzene rings is 2. The van der Waals surface area contributed by atoms with Crippen molar-refractivity contribution in [2.75, 3.05) is 13.2 Å². The highest BCUT2D eigenvalue weighted by Gasteiger charge is 2.31. The summed E-state index contributed by atoms with van der Waals surface area (Å²) < 4.78 is 13.3. The van der Waals surface area contributed by atoms with E-state index >= 15 is 0 Å². The molecule has 6 heteroatoms. The van der Waals surface area contributed by atoms with Crippen LogP contribution in [-0.4, -0.2) is 41.0 Å². The standard InChI is InChI=1S/C22H27FN2O3/c1-16(2)22(28)25(15-18-8-10-19(23)11-9-18)20(21(27)24-12-13-26)14-17-6-4-3-5-7-17/h3-11,16,20,26H,12-15H2,1-2H3,(H,24,27). The van der Waals surface area contributed by atoms with E-state index in [2.05, 4.69) is 5.32 Å². The predicted octanol–water partition coefficient (Wildman–Crippen LogP) is 2.53. The zero-order valence-corrected chi connectivity index (χ0v) is 16.3. The number of hydrogen-bond donors (Lipinski definition) is 2. The van der Waals surface area contributed by atoms with Crippen molar-refractivity contribution in [1.82, 2.24) is 10.2 Å². The monoisotopic (exact) mass is 386 g/mol. The summed E-state index contributed by atoms with van der Waals surface area (Å²) in [5.74, 6) is -1.14. The number of nitrogens with zero attached hydrogens (tertiary/aromatic N) is 1. The minimum Gasteiger partial charge on any atom is -0.395 e. The van der Waals surface area contributed by atoms with Crippen LogP contribution < -0.4 is 5.32 Å². The molecular formula is C22H27FN2O3. The van der Waals surface area contributed by atoms with Gasteiger partial charge in [0, 0.05) is 25.4 Å². The van der Waals surface area contributed by atoms with Crippen LogP contribution in [0.1, 0.15) is 25.0 Å². The van der Waals surface area contributed by atoms with E-state index in [0.29, 0.717) is 6.42 Å². The van der Waals surface area contributed by atoms with Crippen molar-refractivity contribution < 1.29 is 19.1 Å². The molecule has 0 saturated heterocycles. The van der Waals surface area contributed by atoms with E-state index in [1.165, 1.54) is 17.0 Å². The largest absolute Gasteiger partial charge is 0.395 e. The van der Waals surface area contributed by atoms with Gasteiger partial charge in [0.15, 0.2) is 0 Å². The summed E-state index contributed by atoms with van der Waals surface area (Å²) in [7, 11) is 0. The molecular weight excluding hydrogens is 359 g/mol. The molecule has 2 amide bonds. The minimum atomic E-state index is -0.742. The molecule has 1 unspecified atom stereocenters. The van der Waals surface area contributed by atoms with Crippen molar-refractivity contribution in [2.45, 2.75) is 32.9 Å². The highest BCUT2D eigenvalue weighted by Crippen LogP contribution is 2.17. The molecule has 2 aromatic carbocycles. The van der Waals surface area contributed by atoms with Gasteiger partial charge in [0.05, 0.1) is 6.61 Å². The van der Waals surface area contributed by atoms with Crippen molar-refractivity contribution in [3.05, 3.63) is 71.5 Å². The van der Waals surface area contributed by atoms with Crippen molar-refractivity contribution in [2.24, 2.45) is 5.92 Å². The summed E-state index contributed by atoms with van der Waals surface area (Å²) in [6.07, 6.45) is 0.345. The van der Waals surface area contributed by atoms with Gasteiger partial charge in [-0.15, -0.1) is 0 Å². The Kier molecular flexibility index (Phi) is 8.14. The van der Waals surface area contributed by atoms with Crippen LogP contribution >= 0.6 is 0 Å². The SMILES string of the molecule is CC(C)C(=O)N(Cc1ccc(F)cc1)C(Cc1ccccc1)C(=O)NCCO. The summed E-state index contributed by atoms with van der Waals surface area (Å²) >= 11 is 0. The fraction of sp³-hybridized carbons (Fsp3) is 0.364. The van der Waals surface area contributed by atoms with Gasteiger partial charge in [0.25, 0.3) is 0 Å². The lowest BCUT2D eigenvalue weighted by Gasteiger charge is -2.32. The zero-order valence-electron chi connectivity index (χ0n) is 16.3. The van der Waals surface area contributed by atoms with Gasteiger partial charge in [-0.3, -0.25) is 9.59 Å². The van der Waals surface area contributed by atoms with Gasteiger partial charge >= 0.3 is 0 Å². The number of aliphatic hydroxyl groups excluding tert-OH is 1. The Labute approximate surface area is 165 Å². The maximum atomic E-state index is 13.3. The van der Waals surface area contributed by atoms with E-state index in [1.807, 2.05) is 30.3 Å². The minimum absolute atomic E-state index is 0.115. The van der Waals surface area contributed by atoms with Crippen molar-refractivity contribution in [3.8, 4) is 0 Å². The lowest BCUT2D eigenvalue weighted by molar-refractivity contribution is -0.143. The number of carbonyl (C=O) groups excluding carboxylic acids is 2. The molecule has 0 aliphatic heterocycles. The van der Waals surface area contributed by atoms with E-state index in [1.54, 1.807) is 26.0 Å². The van der Waals surface area contributed by atoms with Gasteiger partial charge in [-0.2, -0.15) is 0 Å². The van der Waals surface area contributed by atoms with Gasteiger partial charge in [0.2, 0.25) is 11.8 Å². The topological polar surface area (TPSA) is 69.6 Å². The van der Waals surface area contributed by atoms with Crippen molar-refractivity contribution >= 4 is 11.8 Å². The number of rotatable bonds is 9. The van der Waals surface area contributed by atoms with Crippen LogP contribution in [0.15, 0.2) is 54.6 Å². The van der Waals surface area contributed by atoms with Crippen molar-refractivity contribution in [1.29, 1.82) is 0 Å². The zero-order chi connectivity index (χ0) is 20.5. The molecule has 0 bridgehead atoms. The first-order valence-electron chi connectivity index (χ1n) is 9.39. The number of carbonyl (C=O) groups is 2. The number of amides is 2. The second-order valence-electron chi connectivity index (χ2n) is 6.97. The molecule has 0 radical (unpaired) electrons. The van der Waals surface area contributed by atoms with Crippen LogP contribution in [0.5, 0.6) is 0 Å². The molecule has 150 valence electrons. The summed E-state index contributed by atoms with van der Waals surface area (Å²) in [6, 6.07) is 14.6. The van der Waals surface area contributed by atoms with Crippen LogP contribution in [0.2, 0.25) is 0 Å². The van der Waals surface area contributed by atoms with Crippen molar-refractivity contribution in [3.63, 3.8) is 0 Å². The third-order valence-electron chi connectivity index (χ3n) is 4.40. The van der Waals surface area contributed by atoms with Gasteiger partial charge in [0.1, 0.15) is 11.9 Å². The lowest BCUT2D eigenvalue weighted by atomic mass is 10.0. The number of hydrogen-bond acceptors (Lipinski definition) is 3. The molecule has 0 aliphatic carbocycles. The maximum Gasteiger partial charge on any atom is 0.243 e. The maximum absolute atomic E-state index is 13.3. The molecule has 28 heavy (non-hydrogen) atoms. The third-order valence-corrected chi connectivity index (χ3v) is 4.40. The van der Waals surface area contributed by atoms with E-state index in [9.17, 15) is 14.0 Å². The summed E-state index contributed by atoms with van der Waals surface area (Å²) in [6.45, 7) is 3.70. The lowest BCUT2D eigenvalue weighted by Crippen LogP contribution is -2.52. The molecule has 0 aromatic heterocycles. The molecule has 0 heterocycles. The van der Waals surface area contributed by atoms with Crippen LogP contribution in [0.25, 0.3) is 0 Å². The average Bonchev–Trinajstić information content (AvgIpc) is 2.70. The Bertz CT molecular complexity index is 763. The Morgan fingerprint density at radius 3 is 2.25 bits per heavy atom. The first kappa shape index (κ1) is 21.6. The molecule has 0 aliphatic rings. The second-order valence-corrected chi connectivity index (χ2v) is 6.97. The first-order valence-corrected chi connectivity index (χ1v) is 9.39. The smallest absolute Gasteiger partial charge is 0.243 e. The van der Waals surface area contributed by atoms with E-state index in [4.69, 9.17) is 5.11 Å². The highest BCUT2D eigenvalue weighted by atomic mass is 19.1. The van der Waals surface area contributed by atoms with Gasteiger partial charge in [-0.25, -0.2) is 4.39 Å². The summed E-state index contributed by atoms with van der Waals surface area (Å²) in [5.41, 5.74) is 1.66. The Hall–Kier alpha value is -2.73. The first-order chi connectivity index (χ1) is 13.4. The van der Waals surface area contributed by atoms with E-state index in [-0.39, 0.29) is 43.2 Å². The molecule has 1 atom stereocenters. The normalized spacial score (nSPS) is 11.9. The summed E-state index contributed by atoms with van der Waals surface area (Å²) in [4.78, 5) is 27.3. The quantitative estimate of drug-likeness (QED) is 0.696. The number of aliphatic hydroxyl groups is 1. The fourth-order valence-corrected chi connectivity index (χ4v) is 2.94. The van der Waals surface area contributed by atoms with Crippen LogP contribution in [0, 0.1) is 11.7 Å². The number of halogens is 1. The Morgan fingerprint density at radius 1 is 1.04 bits per heavy atom. The van der Waals surface area contributed by atoms with Crippen LogP contribution in [0.3, 0.4) is 0 Å². The Balaban J connectivity index is 2.35. The molecule has 0 fully saturated rings. The van der Waals surface area contributed by atoms with Crippen LogP contribution in [0.4, 0.5) is 4.39 Å². The molecule has 5 nitrogen and oxygen atoms in total. The molecule has 2 rings (SSSR count). The van der Waals surface area contributed by atoms with Gasteiger partial charge in [-0.1, -0.05) is 56.3 Å².